The van der Waals surface area contributed by atoms with Gasteiger partial charge in [-0.05, 0) is 32.1 Å². The van der Waals surface area contributed by atoms with E-state index in [0.717, 1.165) is 13.0 Å². The van der Waals surface area contributed by atoms with Crippen LogP contribution in [0.15, 0.2) is 0 Å². The average molecular weight is 313 g/mol. The first-order valence-corrected chi connectivity index (χ1v) is 9.13. The molecule has 4 nitrogen and oxygen atoms in total. The Kier molecular flexibility index (Phi) is 10.3. The molecule has 1 aliphatic carbocycles. The predicted molar refractivity (Wildman–Crippen MR) is 90.1 cm³/mol. The molecule has 0 aromatic heterocycles. The van der Waals surface area contributed by atoms with Crippen molar-refractivity contribution in [2.75, 3.05) is 26.9 Å². The van der Waals surface area contributed by atoms with Gasteiger partial charge in [-0.1, -0.05) is 45.4 Å². The number of carbonyl (C=O) groups is 1. The third-order valence-corrected chi connectivity index (χ3v) is 4.82. The summed E-state index contributed by atoms with van der Waals surface area (Å²) in [7, 11) is 1.63. The molecule has 0 aliphatic heterocycles. The molecule has 0 aromatic rings. The van der Waals surface area contributed by atoms with Gasteiger partial charge in [0.15, 0.2) is 0 Å². The largest absolute Gasteiger partial charge is 0.447 e. The summed E-state index contributed by atoms with van der Waals surface area (Å²) in [5, 5.41) is 0. The molecule has 0 bridgehead atoms. The van der Waals surface area contributed by atoms with Crippen molar-refractivity contribution in [1.29, 1.82) is 0 Å². The molecule has 1 aliphatic rings. The summed E-state index contributed by atoms with van der Waals surface area (Å²) in [4.78, 5) is 14.4. The number of rotatable bonds is 10. The average Bonchev–Trinajstić information content (AvgIpc) is 2.55. The van der Waals surface area contributed by atoms with Gasteiger partial charge in [0.1, 0.15) is 6.61 Å². The van der Waals surface area contributed by atoms with Crippen molar-refractivity contribution < 1.29 is 14.3 Å². The normalized spacial score (nSPS) is 17.2. The summed E-state index contributed by atoms with van der Waals surface area (Å²) in [5.41, 5.74) is 0. The van der Waals surface area contributed by atoms with Gasteiger partial charge < -0.3 is 14.4 Å². The number of hydrogen-bond donors (Lipinski definition) is 0. The minimum absolute atomic E-state index is 0.161. The van der Waals surface area contributed by atoms with Crippen LogP contribution in [0, 0.1) is 5.92 Å². The van der Waals surface area contributed by atoms with Crippen LogP contribution in [-0.2, 0) is 9.47 Å². The Bertz CT molecular complexity index is 290. The molecule has 0 aromatic carbocycles. The molecule has 1 fully saturated rings. The number of amides is 1. The summed E-state index contributed by atoms with van der Waals surface area (Å²) >= 11 is 0. The highest BCUT2D eigenvalue weighted by Crippen LogP contribution is 2.29. The second-order valence-electron chi connectivity index (χ2n) is 6.50. The minimum atomic E-state index is -0.161. The van der Waals surface area contributed by atoms with Gasteiger partial charge in [0.2, 0.25) is 0 Å². The van der Waals surface area contributed by atoms with Crippen molar-refractivity contribution in [2.24, 2.45) is 5.92 Å². The lowest BCUT2D eigenvalue weighted by molar-refractivity contribution is 0.0501. The molecule has 0 heterocycles. The number of methoxy groups -OCH3 is 1. The highest BCUT2D eigenvalue weighted by molar-refractivity contribution is 5.68. The second kappa shape index (κ2) is 11.8. The van der Waals surface area contributed by atoms with E-state index in [1.807, 2.05) is 4.90 Å². The zero-order valence-electron chi connectivity index (χ0n) is 14.8. The maximum atomic E-state index is 12.4. The van der Waals surface area contributed by atoms with Crippen molar-refractivity contribution in [3.05, 3.63) is 0 Å². The summed E-state index contributed by atoms with van der Waals surface area (Å²) in [6.07, 6.45) is 11.0. The fraction of sp³-hybridized carbons (Fsp3) is 0.944. The van der Waals surface area contributed by atoms with Crippen LogP contribution in [0.4, 0.5) is 4.79 Å². The van der Waals surface area contributed by atoms with Gasteiger partial charge in [-0.15, -0.1) is 0 Å². The number of unbranched alkanes of at least 4 members (excludes halogenated alkanes) is 3. The van der Waals surface area contributed by atoms with Crippen molar-refractivity contribution in [1.82, 2.24) is 4.90 Å². The summed E-state index contributed by atoms with van der Waals surface area (Å²) in [5.74, 6) is 0.634. The van der Waals surface area contributed by atoms with Gasteiger partial charge in [-0.3, -0.25) is 0 Å². The molecule has 1 unspecified atom stereocenters. The lowest BCUT2D eigenvalue weighted by atomic mass is 9.84. The highest BCUT2D eigenvalue weighted by Gasteiger charge is 2.28. The molecule has 0 N–H and O–H groups in total. The van der Waals surface area contributed by atoms with E-state index >= 15 is 0 Å². The van der Waals surface area contributed by atoms with Crippen LogP contribution in [0.25, 0.3) is 0 Å². The Morgan fingerprint density at radius 2 is 1.86 bits per heavy atom. The molecule has 1 amide bonds. The monoisotopic (exact) mass is 313 g/mol. The molecule has 1 saturated carbocycles. The van der Waals surface area contributed by atoms with Gasteiger partial charge >= 0.3 is 6.09 Å². The van der Waals surface area contributed by atoms with E-state index in [1.165, 1.54) is 51.4 Å². The first kappa shape index (κ1) is 19.3. The molecule has 0 spiro atoms. The molecule has 0 saturated heterocycles. The SMILES string of the molecule is CCCCCCN(C(=O)OCCOC)C(C)C1CCCCC1. The van der Waals surface area contributed by atoms with Gasteiger partial charge in [-0.25, -0.2) is 4.79 Å². The van der Waals surface area contributed by atoms with E-state index in [4.69, 9.17) is 9.47 Å². The highest BCUT2D eigenvalue weighted by atomic mass is 16.6. The fourth-order valence-electron chi connectivity index (χ4n) is 3.34. The van der Waals surface area contributed by atoms with Crippen LogP contribution < -0.4 is 0 Å². The van der Waals surface area contributed by atoms with E-state index in [0.29, 0.717) is 19.1 Å². The minimum Gasteiger partial charge on any atom is -0.447 e. The topological polar surface area (TPSA) is 38.8 Å². The lowest BCUT2D eigenvalue weighted by Gasteiger charge is -2.36. The number of ether oxygens (including phenoxy) is 2. The Morgan fingerprint density at radius 1 is 1.14 bits per heavy atom. The van der Waals surface area contributed by atoms with Crippen LogP contribution in [0.2, 0.25) is 0 Å². The second-order valence-corrected chi connectivity index (χ2v) is 6.50. The smallest absolute Gasteiger partial charge is 0.410 e. The Morgan fingerprint density at radius 3 is 2.50 bits per heavy atom. The molecule has 0 radical (unpaired) electrons. The maximum Gasteiger partial charge on any atom is 0.410 e. The van der Waals surface area contributed by atoms with Crippen LogP contribution in [0.1, 0.15) is 71.6 Å². The summed E-state index contributed by atoms with van der Waals surface area (Å²) < 4.78 is 10.3. The standard InChI is InChI=1S/C18H35NO3/c1-4-5-6-10-13-19(18(20)22-15-14-21-3)16(2)17-11-8-7-9-12-17/h16-17H,4-15H2,1-3H3. The van der Waals surface area contributed by atoms with E-state index in [-0.39, 0.29) is 12.1 Å². The molecule has 1 atom stereocenters. The van der Waals surface area contributed by atoms with Gasteiger partial charge in [0, 0.05) is 19.7 Å². The first-order valence-electron chi connectivity index (χ1n) is 9.13. The van der Waals surface area contributed by atoms with Crippen LogP contribution in [0.3, 0.4) is 0 Å². The Labute approximate surface area is 136 Å². The third kappa shape index (κ3) is 6.99. The number of hydrogen-bond acceptors (Lipinski definition) is 3. The third-order valence-electron chi connectivity index (χ3n) is 4.82. The van der Waals surface area contributed by atoms with E-state index < -0.39 is 0 Å². The molecular formula is C18H35NO3. The quantitative estimate of drug-likeness (QED) is 0.552. The number of nitrogens with zero attached hydrogens (tertiary/aromatic N) is 1. The number of carbonyl (C=O) groups excluding carboxylic acids is 1. The van der Waals surface area contributed by atoms with E-state index in [2.05, 4.69) is 13.8 Å². The van der Waals surface area contributed by atoms with Crippen molar-refractivity contribution in [2.45, 2.75) is 77.7 Å². The zero-order chi connectivity index (χ0) is 16.2. The van der Waals surface area contributed by atoms with Crippen LogP contribution in [-0.4, -0.2) is 43.9 Å². The van der Waals surface area contributed by atoms with Gasteiger partial charge in [0.25, 0.3) is 0 Å². The molecule has 4 heteroatoms. The van der Waals surface area contributed by atoms with Crippen molar-refractivity contribution in [3.8, 4) is 0 Å². The Hall–Kier alpha value is -0.770. The first-order chi connectivity index (χ1) is 10.7. The van der Waals surface area contributed by atoms with Crippen molar-refractivity contribution >= 4 is 6.09 Å². The zero-order valence-corrected chi connectivity index (χ0v) is 14.8. The summed E-state index contributed by atoms with van der Waals surface area (Å²) in [6.45, 7) is 6.05. The van der Waals surface area contributed by atoms with Gasteiger partial charge in [-0.2, -0.15) is 0 Å². The fourth-order valence-corrected chi connectivity index (χ4v) is 3.34. The molecule has 22 heavy (non-hydrogen) atoms. The maximum absolute atomic E-state index is 12.4. The lowest BCUT2D eigenvalue weighted by Crippen LogP contribution is -2.44. The predicted octanol–water partition coefficient (Wildman–Crippen LogP) is 4.62. The van der Waals surface area contributed by atoms with Crippen LogP contribution in [0.5, 0.6) is 0 Å². The van der Waals surface area contributed by atoms with Gasteiger partial charge in [0.05, 0.1) is 6.61 Å². The summed E-state index contributed by atoms with van der Waals surface area (Å²) in [6, 6.07) is 0.289. The molecule has 130 valence electrons. The van der Waals surface area contributed by atoms with Crippen LogP contribution >= 0.6 is 0 Å². The van der Waals surface area contributed by atoms with E-state index in [1.54, 1.807) is 7.11 Å². The van der Waals surface area contributed by atoms with E-state index in [9.17, 15) is 4.79 Å². The molecule has 1 rings (SSSR count). The van der Waals surface area contributed by atoms with Crippen molar-refractivity contribution in [3.63, 3.8) is 0 Å². The Balaban J connectivity index is 2.52. The molecular weight excluding hydrogens is 278 g/mol.